The second-order valence-electron chi connectivity index (χ2n) is 4.49. The first-order valence-corrected chi connectivity index (χ1v) is 11.7. The summed E-state index contributed by atoms with van der Waals surface area (Å²) < 4.78 is 57.5. The lowest BCUT2D eigenvalue weighted by atomic mass is 10.6. The van der Waals surface area contributed by atoms with Gasteiger partial charge in [0.2, 0.25) is 8.32 Å². The average Bonchev–Trinajstić information content (AvgIpc) is 1.96. The van der Waals surface area contributed by atoms with Gasteiger partial charge in [0.15, 0.2) is 0 Å². The van der Waals surface area contributed by atoms with E-state index in [-0.39, 0.29) is 12.2 Å². The summed E-state index contributed by atoms with van der Waals surface area (Å²) in [5.74, 6) is -0.946. The van der Waals surface area contributed by atoms with Crippen molar-refractivity contribution in [1.29, 1.82) is 0 Å². The van der Waals surface area contributed by atoms with Gasteiger partial charge >= 0.3 is 0 Å². The summed E-state index contributed by atoms with van der Waals surface area (Å²) in [5, 5.41) is 0. The van der Waals surface area contributed by atoms with Crippen LogP contribution in [0.25, 0.3) is 0 Å². The first-order valence-electron chi connectivity index (χ1n) is 5.36. The molecule has 6 nitrogen and oxygen atoms in total. The predicted molar refractivity (Wildman–Crippen MR) is 68.5 cm³/mol. The molecule has 0 fully saturated rings. The van der Waals surface area contributed by atoms with Gasteiger partial charge < -0.3 is 3.87 Å². The van der Waals surface area contributed by atoms with Crippen LogP contribution in [0.1, 0.15) is 19.8 Å². The molecule has 0 rings (SSSR count). The minimum absolute atomic E-state index is 0.155. The van der Waals surface area contributed by atoms with Crippen molar-refractivity contribution < 1.29 is 25.3 Å². The summed E-state index contributed by atoms with van der Waals surface area (Å²) in [6, 6.07) is 0.727. The van der Waals surface area contributed by atoms with E-state index in [1.54, 1.807) is 13.1 Å². The molecular weight excluding hydrogens is 284 g/mol. The summed E-state index contributed by atoms with van der Waals surface area (Å²) in [6.07, 6.45) is 0.692. The first-order chi connectivity index (χ1) is 7.47. The molecule has 0 saturated carbocycles. The molecule has 0 unspecified atom stereocenters. The van der Waals surface area contributed by atoms with Gasteiger partial charge in [-0.3, -0.25) is 4.55 Å². The standard InChI is InChI=1S/C8H20O6S2Si/c1-4-8-17(2,3)14-16(12,13)7-5-6-15(9,10)11/h4-8H2,1-3H3,(H,9,10,11). The Hall–Kier alpha value is 0.0369. The van der Waals surface area contributed by atoms with Gasteiger partial charge in [0.25, 0.3) is 20.2 Å². The highest BCUT2D eigenvalue weighted by Crippen LogP contribution is 2.17. The minimum Gasteiger partial charge on any atom is -0.315 e. The maximum atomic E-state index is 11.5. The molecular formula is C8H20O6S2Si. The molecule has 0 atom stereocenters. The lowest BCUT2D eigenvalue weighted by Gasteiger charge is -2.21. The van der Waals surface area contributed by atoms with Crippen molar-refractivity contribution in [1.82, 2.24) is 0 Å². The average molecular weight is 304 g/mol. The van der Waals surface area contributed by atoms with Crippen LogP contribution in [0.2, 0.25) is 19.1 Å². The van der Waals surface area contributed by atoms with E-state index >= 15 is 0 Å². The second kappa shape index (κ2) is 6.28. The lowest BCUT2D eigenvalue weighted by molar-refractivity contribution is 0.476. The van der Waals surface area contributed by atoms with E-state index in [1.807, 2.05) is 6.92 Å². The van der Waals surface area contributed by atoms with E-state index < -0.39 is 34.3 Å². The van der Waals surface area contributed by atoms with Crippen molar-refractivity contribution in [3.8, 4) is 0 Å². The SMILES string of the molecule is CCC[Si](C)(C)OS(=O)(=O)CCCS(=O)(=O)O. The number of hydrogen-bond acceptors (Lipinski definition) is 5. The van der Waals surface area contributed by atoms with Gasteiger partial charge in [0, 0.05) is 0 Å². The first kappa shape index (κ1) is 17.0. The van der Waals surface area contributed by atoms with Crippen molar-refractivity contribution in [3.05, 3.63) is 0 Å². The van der Waals surface area contributed by atoms with Crippen molar-refractivity contribution in [3.63, 3.8) is 0 Å². The maximum Gasteiger partial charge on any atom is 0.264 e. The summed E-state index contributed by atoms with van der Waals surface area (Å²) in [6.45, 7) is 5.55. The molecule has 0 amide bonds. The third kappa shape index (κ3) is 9.71. The fourth-order valence-electron chi connectivity index (χ4n) is 1.45. The zero-order valence-corrected chi connectivity index (χ0v) is 13.0. The molecule has 1 N–H and O–H groups in total. The molecule has 0 heterocycles. The van der Waals surface area contributed by atoms with Gasteiger partial charge in [-0.05, 0) is 25.6 Å². The summed E-state index contributed by atoms with van der Waals surface area (Å²) in [5.41, 5.74) is 0. The molecule has 0 aromatic carbocycles. The highest BCUT2D eigenvalue weighted by atomic mass is 32.2. The molecule has 0 aromatic heterocycles. The Morgan fingerprint density at radius 3 is 2.06 bits per heavy atom. The zero-order chi connectivity index (χ0) is 13.7. The van der Waals surface area contributed by atoms with E-state index in [1.165, 1.54) is 0 Å². The Balaban J connectivity index is 4.31. The Morgan fingerprint density at radius 2 is 1.65 bits per heavy atom. The molecule has 0 saturated heterocycles. The molecule has 9 heteroatoms. The molecule has 0 aliphatic heterocycles. The molecule has 0 aromatic rings. The zero-order valence-electron chi connectivity index (χ0n) is 10.3. The molecule has 0 spiro atoms. The van der Waals surface area contributed by atoms with E-state index in [0.29, 0.717) is 0 Å². The minimum atomic E-state index is -4.11. The van der Waals surface area contributed by atoms with Gasteiger partial charge in [-0.1, -0.05) is 13.3 Å². The largest absolute Gasteiger partial charge is 0.315 e. The van der Waals surface area contributed by atoms with Crippen molar-refractivity contribution >= 4 is 28.6 Å². The van der Waals surface area contributed by atoms with Crippen LogP contribution in [0.15, 0.2) is 0 Å². The van der Waals surface area contributed by atoms with Crippen LogP contribution < -0.4 is 0 Å². The number of hydrogen-bond donors (Lipinski definition) is 1. The maximum absolute atomic E-state index is 11.5. The Labute approximate surface area is 104 Å². The third-order valence-electron chi connectivity index (χ3n) is 2.00. The van der Waals surface area contributed by atoms with Crippen LogP contribution >= 0.6 is 0 Å². The second-order valence-corrected chi connectivity index (χ2v) is 12.3. The highest BCUT2D eigenvalue weighted by Gasteiger charge is 2.28. The van der Waals surface area contributed by atoms with Crippen molar-refractivity contribution in [2.45, 2.75) is 38.9 Å². The van der Waals surface area contributed by atoms with Crippen LogP contribution in [0.5, 0.6) is 0 Å². The van der Waals surface area contributed by atoms with Crippen LogP contribution in [0.3, 0.4) is 0 Å². The van der Waals surface area contributed by atoms with Gasteiger partial charge in [-0.2, -0.15) is 8.42 Å². The highest BCUT2D eigenvalue weighted by molar-refractivity contribution is 7.88. The smallest absolute Gasteiger partial charge is 0.264 e. The molecule has 0 aliphatic rings. The fraction of sp³-hybridized carbons (Fsp3) is 1.00. The van der Waals surface area contributed by atoms with Crippen LogP contribution in [0, 0.1) is 0 Å². The Bertz CT molecular complexity index is 425. The summed E-state index contributed by atoms with van der Waals surface area (Å²) in [7, 11) is -10.0. The lowest BCUT2D eigenvalue weighted by Crippen LogP contribution is -2.34. The van der Waals surface area contributed by atoms with E-state index in [4.69, 9.17) is 8.42 Å². The van der Waals surface area contributed by atoms with E-state index in [0.717, 1.165) is 12.5 Å². The van der Waals surface area contributed by atoms with Gasteiger partial charge in [-0.25, -0.2) is 8.42 Å². The molecule has 104 valence electrons. The fourth-order valence-corrected chi connectivity index (χ4v) is 7.26. The quantitative estimate of drug-likeness (QED) is 0.535. The van der Waals surface area contributed by atoms with E-state index in [9.17, 15) is 16.8 Å². The monoisotopic (exact) mass is 304 g/mol. The molecule has 0 radical (unpaired) electrons. The van der Waals surface area contributed by atoms with Gasteiger partial charge in [0.05, 0.1) is 11.5 Å². The Kier molecular flexibility index (Phi) is 6.29. The normalized spacial score (nSPS) is 13.9. The third-order valence-corrected chi connectivity index (χ3v) is 8.12. The van der Waals surface area contributed by atoms with Crippen molar-refractivity contribution in [2.75, 3.05) is 11.5 Å². The van der Waals surface area contributed by atoms with Crippen LogP contribution in [-0.2, 0) is 24.1 Å². The predicted octanol–water partition coefficient (Wildman–Crippen LogP) is 1.23. The summed E-state index contributed by atoms with van der Waals surface area (Å²) in [4.78, 5) is 0. The van der Waals surface area contributed by atoms with Crippen molar-refractivity contribution in [2.24, 2.45) is 0 Å². The van der Waals surface area contributed by atoms with Crippen LogP contribution in [0.4, 0.5) is 0 Å². The molecule has 17 heavy (non-hydrogen) atoms. The van der Waals surface area contributed by atoms with Gasteiger partial charge in [0.1, 0.15) is 0 Å². The Morgan fingerprint density at radius 1 is 1.12 bits per heavy atom. The molecule has 0 aliphatic carbocycles. The molecule has 0 bridgehead atoms. The van der Waals surface area contributed by atoms with E-state index in [2.05, 4.69) is 0 Å². The van der Waals surface area contributed by atoms with Crippen LogP contribution in [-0.4, -0.2) is 41.2 Å². The topological polar surface area (TPSA) is 97.7 Å². The number of rotatable bonds is 8. The summed E-state index contributed by atoms with van der Waals surface area (Å²) >= 11 is 0. The van der Waals surface area contributed by atoms with Gasteiger partial charge in [-0.15, -0.1) is 0 Å².